The monoisotopic (exact) mass is 281 g/mol. The second kappa shape index (κ2) is 6.92. The SMILES string of the molecule is CCC1OCCC1C(=O)NCc1ccc(CCl)cc1. The summed E-state index contributed by atoms with van der Waals surface area (Å²) < 4.78 is 5.54. The summed E-state index contributed by atoms with van der Waals surface area (Å²) in [7, 11) is 0. The lowest BCUT2D eigenvalue weighted by Gasteiger charge is -2.16. The third-order valence-corrected chi connectivity index (χ3v) is 3.90. The summed E-state index contributed by atoms with van der Waals surface area (Å²) in [5.41, 5.74) is 2.18. The van der Waals surface area contributed by atoms with Crippen LogP contribution >= 0.6 is 11.6 Å². The molecular weight excluding hydrogens is 262 g/mol. The number of alkyl halides is 1. The van der Waals surface area contributed by atoms with E-state index in [1.54, 1.807) is 0 Å². The second-order valence-corrected chi connectivity index (χ2v) is 5.15. The van der Waals surface area contributed by atoms with Gasteiger partial charge in [0.2, 0.25) is 5.91 Å². The number of benzene rings is 1. The standard InChI is InChI=1S/C15H20ClNO2/c1-2-14-13(7-8-19-14)15(18)17-10-12-5-3-11(9-16)4-6-12/h3-6,13-14H,2,7-10H2,1H3,(H,17,18). The molecule has 1 aromatic carbocycles. The van der Waals surface area contributed by atoms with Gasteiger partial charge in [-0.2, -0.15) is 0 Å². The Morgan fingerprint density at radius 1 is 1.37 bits per heavy atom. The van der Waals surface area contributed by atoms with Crippen LogP contribution in [0.1, 0.15) is 30.9 Å². The Bertz CT molecular complexity index is 419. The quantitative estimate of drug-likeness (QED) is 0.843. The lowest BCUT2D eigenvalue weighted by atomic mass is 9.98. The summed E-state index contributed by atoms with van der Waals surface area (Å²) in [4.78, 5) is 12.1. The molecule has 1 saturated heterocycles. The van der Waals surface area contributed by atoms with Gasteiger partial charge in [0.05, 0.1) is 12.0 Å². The largest absolute Gasteiger partial charge is 0.377 e. The van der Waals surface area contributed by atoms with Gasteiger partial charge in [-0.25, -0.2) is 0 Å². The van der Waals surface area contributed by atoms with Crippen LogP contribution in [0.3, 0.4) is 0 Å². The van der Waals surface area contributed by atoms with Gasteiger partial charge in [0.15, 0.2) is 0 Å². The van der Waals surface area contributed by atoms with Gasteiger partial charge in [-0.3, -0.25) is 4.79 Å². The molecule has 0 saturated carbocycles. The summed E-state index contributed by atoms with van der Waals surface area (Å²) in [5.74, 6) is 0.627. The van der Waals surface area contributed by atoms with Gasteiger partial charge in [-0.1, -0.05) is 31.2 Å². The summed E-state index contributed by atoms with van der Waals surface area (Å²) >= 11 is 5.74. The molecule has 1 amide bonds. The number of carbonyl (C=O) groups excluding carboxylic acids is 1. The van der Waals surface area contributed by atoms with E-state index in [2.05, 4.69) is 12.2 Å². The first-order valence-electron chi connectivity index (χ1n) is 6.77. The fourth-order valence-electron chi connectivity index (χ4n) is 2.42. The Morgan fingerprint density at radius 2 is 2.05 bits per heavy atom. The highest BCUT2D eigenvalue weighted by Gasteiger charge is 2.32. The minimum Gasteiger partial charge on any atom is -0.377 e. The van der Waals surface area contributed by atoms with Crippen LogP contribution in [0, 0.1) is 5.92 Å². The maximum Gasteiger partial charge on any atom is 0.226 e. The molecule has 0 bridgehead atoms. The van der Waals surface area contributed by atoms with E-state index >= 15 is 0 Å². The topological polar surface area (TPSA) is 38.3 Å². The Hall–Kier alpha value is -1.06. The molecule has 3 nitrogen and oxygen atoms in total. The lowest BCUT2D eigenvalue weighted by molar-refractivity contribution is -0.126. The smallest absolute Gasteiger partial charge is 0.226 e. The van der Waals surface area contributed by atoms with E-state index < -0.39 is 0 Å². The summed E-state index contributed by atoms with van der Waals surface area (Å²) in [6.07, 6.45) is 1.80. The third-order valence-electron chi connectivity index (χ3n) is 3.59. The Labute approximate surface area is 119 Å². The zero-order valence-electron chi connectivity index (χ0n) is 11.2. The minimum atomic E-state index is 0.00659. The third kappa shape index (κ3) is 3.71. The van der Waals surface area contributed by atoms with Gasteiger partial charge < -0.3 is 10.1 Å². The molecule has 1 heterocycles. The first-order chi connectivity index (χ1) is 9.24. The molecule has 0 radical (unpaired) electrons. The molecule has 19 heavy (non-hydrogen) atoms. The highest BCUT2D eigenvalue weighted by atomic mass is 35.5. The number of ether oxygens (including phenoxy) is 1. The zero-order chi connectivity index (χ0) is 13.7. The summed E-state index contributed by atoms with van der Waals surface area (Å²) in [5, 5.41) is 2.99. The molecule has 1 aliphatic heterocycles. The highest BCUT2D eigenvalue weighted by molar-refractivity contribution is 6.17. The Balaban J connectivity index is 1.85. The van der Waals surface area contributed by atoms with Crippen LogP contribution in [-0.2, 0) is 22.0 Å². The number of rotatable bonds is 5. The molecule has 1 aromatic rings. The number of amides is 1. The Kier molecular flexibility index (Phi) is 5.23. The van der Waals surface area contributed by atoms with Gasteiger partial charge in [0, 0.05) is 19.0 Å². The summed E-state index contributed by atoms with van der Waals surface area (Å²) in [6.45, 7) is 3.32. The van der Waals surface area contributed by atoms with Crippen molar-refractivity contribution in [2.75, 3.05) is 6.61 Å². The predicted octanol–water partition coefficient (Wildman–Crippen LogP) is 2.86. The molecule has 2 atom stereocenters. The average Bonchev–Trinajstić information content (AvgIpc) is 2.93. The summed E-state index contributed by atoms with van der Waals surface area (Å²) in [6, 6.07) is 7.98. The number of nitrogens with one attached hydrogen (secondary N) is 1. The van der Waals surface area contributed by atoms with Crippen molar-refractivity contribution in [1.82, 2.24) is 5.32 Å². The predicted molar refractivity (Wildman–Crippen MR) is 76.0 cm³/mol. The molecule has 1 N–H and O–H groups in total. The van der Waals surface area contributed by atoms with E-state index in [4.69, 9.17) is 16.3 Å². The van der Waals surface area contributed by atoms with E-state index in [1.165, 1.54) is 0 Å². The van der Waals surface area contributed by atoms with Crippen LogP contribution in [0.15, 0.2) is 24.3 Å². The number of hydrogen-bond acceptors (Lipinski definition) is 2. The van der Waals surface area contributed by atoms with Crippen molar-refractivity contribution in [3.05, 3.63) is 35.4 Å². The van der Waals surface area contributed by atoms with Crippen molar-refractivity contribution in [3.63, 3.8) is 0 Å². The fourth-order valence-corrected chi connectivity index (χ4v) is 2.60. The highest BCUT2D eigenvalue weighted by Crippen LogP contribution is 2.23. The van der Waals surface area contributed by atoms with Gasteiger partial charge >= 0.3 is 0 Å². The molecule has 104 valence electrons. The van der Waals surface area contributed by atoms with E-state index in [0.717, 1.165) is 24.0 Å². The second-order valence-electron chi connectivity index (χ2n) is 4.88. The van der Waals surface area contributed by atoms with Crippen LogP contribution in [0.2, 0.25) is 0 Å². The molecule has 0 aromatic heterocycles. The average molecular weight is 282 g/mol. The molecular formula is C15H20ClNO2. The molecule has 0 aliphatic carbocycles. The number of halogens is 1. The van der Waals surface area contributed by atoms with Crippen LogP contribution in [0.4, 0.5) is 0 Å². The lowest BCUT2D eigenvalue weighted by Crippen LogP contribution is -2.34. The molecule has 0 spiro atoms. The number of hydrogen-bond donors (Lipinski definition) is 1. The molecule has 2 unspecified atom stereocenters. The minimum absolute atomic E-state index is 0.00659. The van der Waals surface area contributed by atoms with E-state index in [-0.39, 0.29) is 17.9 Å². The van der Waals surface area contributed by atoms with Gasteiger partial charge in [-0.15, -0.1) is 11.6 Å². The van der Waals surface area contributed by atoms with Crippen LogP contribution in [-0.4, -0.2) is 18.6 Å². The van der Waals surface area contributed by atoms with Crippen molar-refractivity contribution in [3.8, 4) is 0 Å². The van der Waals surface area contributed by atoms with E-state index in [1.807, 2.05) is 24.3 Å². The van der Waals surface area contributed by atoms with E-state index in [9.17, 15) is 4.79 Å². The molecule has 1 fully saturated rings. The van der Waals surface area contributed by atoms with Crippen molar-refractivity contribution in [1.29, 1.82) is 0 Å². The fraction of sp³-hybridized carbons (Fsp3) is 0.533. The van der Waals surface area contributed by atoms with Crippen molar-refractivity contribution >= 4 is 17.5 Å². The molecule has 1 aliphatic rings. The van der Waals surface area contributed by atoms with Gasteiger partial charge in [-0.05, 0) is 24.0 Å². The van der Waals surface area contributed by atoms with Crippen molar-refractivity contribution in [2.24, 2.45) is 5.92 Å². The van der Waals surface area contributed by atoms with Gasteiger partial charge in [0.25, 0.3) is 0 Å². The Morgan fingerprint density at radius 3 is 2.68 bits per heavy atom. The first kappa shape index (κ1) is 14.4. The molecule has 2 rings (SSSR count). The normalized spacial score (nSPS) is 22.4. The van der Waals surface area contributed by atoms with E-state index in [0.29, 0.717) is 19.0 Å². The first-order valence-corrected chi connectivity index (χ1v) is 7.31. The zero-order valence-corrected chi connectivity index (χ0v) is 12.0. The van der Waals surface area contributed by atoms with Crippen LogP contribution in [0.25, 0.3) is 0 Å². The maximum atomic E-state index is 12.1. The molecule has 4 heteroatoms. The van der Waals surface area contributed by atoms with Crippen LogP contribution in [0.5, 0.6) is 0 Å². The van der Waals surface area contributed by atoms with Gasteiger partial charge in [0.1, 0.15) is 0 Å². The maximum absolute atomic E-state index is 12.1. The van der Waals surface area contributed by atoms with Crippen molar-refractivity contribution in [2.45, 2.75) is 38.3 Å². The number of carbonyl (C=O) groups is 1. The van der Waals surface area contributed by atoms with Crippen LogP contribution < -0.4 is 5.32 Å². The van der Waals surface area contributed by atoms with Crippen molar-refractivity contribution < 1.29 is 9.53 Å².